The van der Waals surface area contributed by atoms with Gasteiger partial charge in [0.2, 0.25) is 5.91 Å². The number of halogens is 1. The van der Waals surface area contributed by atoms with Gasteiger partial charge in [-0.3, -0.25) is 4.79 Å². The minimum Gasteiger partial charge on any atom is -0.482 e. The minimum absolute atomic E-state index is 0.158. The Morgan fingerprint density at radius 3 is 2.40 bits per heavy atom. The summed E-state index contributed by atoms with van der Waals surface area (Å²) in [6.45, 7) is 5.25. The van der Waals surface area contributed by atoms with Gasteiger partial charge in [0.05, 0.1) is 6.21 Å². The molecule has 0 radical (unpaired) electrons. The molecule has 1 N–H and O–H groups in total. The van der Waals surface area contributed by atoms with Crippen molar-refractivity contribution in [3.8, 4) is 5.75 Å². The summed E-state index contributed by atoms with van der Waals surface area (Å²) in [4.78, 5) is 24.6. The topological polar surface area (TPSA) is 77.0 Å². The summed E-state index contributed by atoms with van der Waals surface area (Å²) < 4.78 is 10.6. The number of amides is 1. The van der Waals surface area contributed by atoms with Gasteiger partial charge in [0.1, 0.15) is 11.4 Å². The maximum Gasteiger partial charge on any atom is 0.344 e. The Morgan fingerprint density at radius 2 is 1.77 bits per heavy atom. The summed E-state index contributed by atoms with van der Waals surface area (Å²) >= 11 is 7.43. The first kappa shape index (κ1) is 23.8. The molecule has 0 atom stereocenters. The van der Waals surface area contributed by atoms with Gasteiger partial charge >= 0.3 is 5.97 Å². The quantitative estimate of drug-likeness (QED) is 0.260. The van der Waals surface area contributed by atoms with Gasteiger partial charge in [0, 0.05) is 22.1 Å². The zero-order chi connectivity index (χ0) is 22.0. The van der Waals surface area contributed by atoms with Crippen LogP contribution in [0.4, 0.5) is 0 Å². The third-order valence-corrected chi connectivity index (χ3v) is 4.74. The maximum atomic E-state index is 11.9. The molecule has 30 heavy (non-hydrogen) atoms. The molecular weight excluding hydrogens is 424 g/mol. The van der Waals surface area contributed by atoms with Crippen molar-refractivity contribution >= 4 is 41.5 Å². The zero-order valence-corrected chi connectivity index (χ0v) is 18.8. The average Bonchev–Trinajstić information content (AvgIpc) is 2.68. The Labute approximate surface area is 186 Å². The number of nitrogens with one attached hydrogen (secondary N) is 1. The van der Waals surface area contributed by atoms with Gasteiger partial charge in [0.15, 0.2) is 6.61 Å². The molecule has 0 saturated heterocycles. The van der Waals surface area contributed by atoms with Crippen LogP contribution in [0.1, 0.15) is 32.8 Å². The second kappa shape index (κ2) is 11.6. The molecule has 0 aliphatic heterocycles. The molecule has 0 saturated carbocycles. The van der Waals surface area contributed by atoms with Gasteiger partial charge in [0.25, 0.3) is 0 Å². The molecule has 0 fully saturated rings. The number of hydrogen-bond acceptors (Lipinski definition) is 6. The number of carbonyl (C=O) groups excluding carboxylic acids is 2. The Morgan fingerprint density at radius 1 is 1.10 bits per heavy atom. The molecule has 0 aromatic heterocycles. The third kappa shape index (κ3) is 9.80. The Balaban J connectivity index is 1.68. The van der Waals surface area contributed by atoms with E-state index in [4.69, 9.17) is 21.1 Å². The second-order valence-corrected chi connectivity index (χ2v) is 8.89. The molecule has 0 heterocycles. The van der Waals surface area contributed by atoms with Crippen LogP contribution in [-0.2, 0) is 14.3 Å². The molecule has 0 bridgehead atoms. The van der Waals surface area contributed by atoms with Crippen molar-refractivity contribution in [1.82, 2.24) is 5.43 Å². The van der Waals surface area contributed by atoms with Crippen molar-refractivity contribution in [2.75, 3.05) is 12.4 Å². The molecule has 6 nitrogen and oxygen atoms in total. The van der Waals surface area contributed by atoms with Crippen LogP contribution in [0.5, 0.6) is 5.75 Å². The first-order valence-electron chi connectivity index (χ1n) is 9.36. The van der Waals surface area contributed by atoms with Crippen LogP contribution in [0, 0.1) is 0 Å². The number of benzene rings is 2. The van der Waals surface area contributed by atoms with Gasteiger partial charge in [-0.05, 0) is 74.9 Å². The first-order valence-corrected chi connectivity index (χ1v) is 10.7. The SMILES string of the molecule is CC(C)(C)OC(=O)COc1ccc(/C=N/NC(=O)CCSc2ccc(Cl)cc2)cc1. The fourth-order valence-corrected chi connectivity index (χ4v) is 3.17. The largest absolute Gasteiger partial charge is 0.482 e. The number of thioether (sulfide) groups is 1. The standard InChI is InChI=1S/C22H25ClN2O4S/c1-22(2,3)29-21(27)15-28-18-8-4-16(5-9-18)14-24-25-20(26)12-13-30-19-10-6-17(23)7-11-19/h4-11,14H,12-13,15H2,1-3H3,(H,25,26)/b24-14+. The van der Waals surface area contributed by atoms with Gasteiger partial charge in [-0.25, -0.2) is 10.2 Å². The number of hydrazone groups is 1. The first-order chi connectivity index (χ1) is 14.2. The van der Waals surface area contributed by atoms with Crippen LogP contribution in [0.3, 0.4) is 0 Å². The minimum atomic E-state index is -0.542. The van der Waals surface area contributed by atoms with E-state index in [1.165, 1.54) is 0 Å². The Hall–Kier alpha value is -2.51. The Bertz CT molecular complexity index is 862. The van der Waals surface area contributed by atoms with Crippen LogP contribution < -0.4 is 10.2 Å². The molecule has 2 aromatic rings. The lowest BCUT2D eigenvalue weighted by Gasteiger charge is -2.19. The second-order valence-electron chi connectivity index (χ2n) is 7.29. The molecule has 0 aliphatic carbocycles. The van der Waals surface area contributed by atoms with E-state index < -0.39 is 11.6 Å². The van der Waals surface area contributed by atoms with Gasteiger partial charge in [-0.2, -0.15) is 5.10 Å². The van der Waals surface area contributed by atoms with Crippen LogP contribution in [0.15, 0.2) is 58.5 Å². The van der Waals surface area contributed by atoms with Crippen molar-refractivity contribution in [3.63, 3.8) is 0 Å². The van der Waals surface area contributed by atoms with E-state index in [0.29, 0.717) is 22.9 Å². The predicted molar refractivity (Wildman–Crippen MR) is 120 cm³/mol. The summed E-state index contributed by atoms with van der Waals surface area (Å²) in [7, 11) is 0. The van der Waals surface area contributed by atoms with Crippen molar-refractivity contribution in [3.05, 3.63) is 59.1 Å². The Kier molecular flexibility index (Phi) is 9.20. The lowest BCUT2D eigenvalue weighted by molar-refractivity contribution is -0.157. The van der Waals surface area contributed by atoms with Crippen molar-refractivity contribution in [2.45, 2.75) is 37.7 Å². The van der Waals surface area contributed by atoms with Crippen LogP contribution >= 0.6 is 23.4 Å². The molecule has 8 heteroatoms. The van der Waals surface area contributed by atoms with E-state index in [0.717, 1.165) is 10.5 Å². The van der Waals surface area contributed by atoms with E-state index >= 15 is 0 Å². The van der Waals surface area contributed by atoms with Crippen LogP contribution in [-0.4, -0.2) is 36.1 Å². The number of nitrogens with zero attached hydrogens (tertiary/aromatic N) is 1. The number of ether oxygens (including phenoxy) is 2. The smallest absolute Gasteiger partial charge is 0.344 e. The van der Waals surface area contributed by atoms with E-state index in [1.807, 2.05) is 24.3 Å². The summed E-state index contributed by atoms with van der Waals surface area (Å²) in [6, 6.07) is 14.5. The van der Waals surface area contributed by atoms with Crippen molar-refractivity contribution < 1.29 is 19.1 Å². The number of carbonyl (C=O) groups is 2. The number of esters is 1. The number of hydrogen-bond donors (Lipinski definition) is 1. The molecular formula is C22H25ClN2O4S. The average molecular weight is 449 g/mol. The molecule has 2 rings (SSSR count). The lowest BCUT2D eigenvalue weighted by Crippen LogP contribution is -2.27. The fraction of sp³-hybridized carbons (Fsp3) is 0.318. The third-order valence-electron chi connectivity index (χ3n) is 3.47. The number of rotatable bonds is 9. The molecule has 1 amide bonds. The zero-order valence-electron chi connectivity index (χ0n) is 17.2. The van der Waals surface area contributed by atoms with E-state index in [-0.39, 0.29) is 12.5 Å². The van der Waals surface area contributed by atoms with E-state index in [9.17, 15) is 9.59 Å². The maximum absolute atomic E-state index is 11.9. The lowest BCUT2D eigenvalue weighted by atomic mass is 10.2. The summed E-state index contributed by atoms with van der Waals surface area (Å²) in [5.41, 5.74) is 2.75. The van der Waals surface area contributed by atoms with Crippen LogP contribution in [0.2, 0.25) is 5.02 Å². The highest BCUT2D eigenvalue weighted by molar-refractivity contribution is 7.99. The van der Waals surface area contributed by atoms with Crippen molar-refractivity contribution in [2.24, 2.45) is 5.10 Å². The van der Waals surface area contributed by atoms with E-state index in [1.54, 1.807) is 63.0 Å². The summed E-state index contributed by atoms with van der Waals surface area (Å²) in [5, 5.41) is 4.65. The molecule has 0 aliphatic rings. The van der Waals surface area contributed by atoms with Crippen molar-refractivity contribution in [1.29, 1.82) is 0 Å². The van der Waals surface area contributed by atoms with Gasteiger partial charge < -0.3 is 9.47 Å². The highest BCUT2D eigenvalue weighted by Gasteiger charge is 2.16. The molecule has 0 unspecified atom stereocenters. The fourth-order valence-electron chi connectivity index (χ4n) is 2.19. The molecule has 0 spiro atoms. The summed E-state index contributed by atoms with van der Waals surface area (Å²) in [5.74, 6) is 0.600. The molecule has 160 valence electrons. The highest BCUT2D eigenvalue weighted by Crippen LogP contribution is 2.20. The van der Waals surface area contributed by atoms with Crippen LogP contribution in [0.25, 0.3) is 0 Å². The van der Waals surface area contributed by atoms with Gasteiger partial charge in [-0.1, -0.05) is 11.6 Å². The normalized spacial score (nSPS) is 11.3. The summed E-state index contributed by atoms with van der Waals surface area (Å²) in [6.07, 6.45) is 1.89. The van der Waals surface area contributed by atoms with E-state index in [2.05, 4.69) is 10.5 Å². The van der Waals surface area contributed by atoms with Gasteiger partial charge in [-0.15, -0.1) is 11.8 Å². The highest BCUT2D eigenvalue weighted by atomic mass is 35.5. The predicted octanol–water partition coefficient (Wildman–Crippen LogP) is 4.69. The molecule has 2 aromatic carbocycles. The monoisotopic (exact) mass is 448 g/mol.